The number of morpholine rings is 1. The standard InChI is InChI=1S/C15H20ClIN2O2/c1-11(4-5-19-6-8-21-9-7-19)18-15(20)13-3-2-12(17)10-14(13)16/h2-3,10-11H,4-9H2,1H3,(H,18,20). The number of carbonyl (C=O) groups excluding carboxylic acids is 1. The second-order valence-corrected chi connectivity index (χ2v) is 6.89. The Morgan fingerprint density at radius 3 is 2.86 bits per heavy atom. The normalized spacial score (nSPS) is 17.5. The van der Waals surface area contributed by atoms with Gasteiger partial charge in [0.25, 0.3) is 5.91 Å². The van der Waals surface area contributed by atoms with Crippen LogP contribution in [-0.4, -0.2) is 49.7 Å². The number of hydrogen-bond acceptors (Lipinski definition) is 3. The Hall–Kier alpha value is -0.370. The van der Waals surface area contributed by atoms with E-state index in [1.165, 1.54) is 0 Å². The molecule has 0 radical (unpaired) electrons. The van der Waals surface area contributed by atoms with E-state index in [1.54, 1.807) is 12.1 Å². The molecule has 1 saturated heterocycles. The van der Waals surface area contributed by atoms with Crippen LogP contribution in [0.2, 0.25) is 5.02 Å². The smallest absolute Gasteiger partial charge is 0.253 e. The highest BCUT2D eigenvalue weighted by atomic mass is 127. The van der Waals surface area contributed by atoms with Gasteiger partial charge in [-0.1, -0.05) is 11.6 Å². The zero-order valence-electron chi connectivity index (χ0n) is 12.1. The third-order valence-electron chi connectivity index (χ3n) is 3.54. The Kier molecular flexibility index (Phi) is 6.73. The molecule has 0 bridgehead atoms. The van der Waals surface area contributed by atoms with Gasteiger partial charge in [0.1, 0.15) is 0 Å². The van der Waals surface area contributed by atoms with Crippen LogP contribution < -0.4 is 5.32 Å². The summed E-state index contributed by atoms with van der Waals surface area (Å²) >= 11 is 8.30. The molecule has 2 rings (SSSR count). The SMILES string of the molecule is CC(CCN1CCOCC1)NC(=O)c1ccc(I)cc1Cl. The highest BCUT2D eigenvalue weighted by Gasteiger charge is 2.15. The predicted octanol–water partition coefficient (Wildman–Crippen LogP) is 2.79. The lowest BCUT2D eigenvalue weighted by Gasteiger charge is -2.27. The van der Waals surface area contributed by atoms with E-state index in [4.69, 9.17) is 16.3 Å². The Morgan fingerprint density at radius 2 is 2.19 bits per heavy atom. The zero-order valence-corrected chi connectivity index (χ0v) is 15.0. The summed E-state index contributed by atoms with van der Waals surface area (Å²) < 4.78 is 6.35. The first-order valence-electron chi connectivity index (χ1n) is 7.12. The van der Waals surface area contributed by atoms with E-state index in [-0.39, 0.29) is 11.9 Å². The molecule has 0 saturated carbocycles. The van der Waals surface area contributed by atoms with Crippen LogP contribution in [0.15, 0.2) is 18.2 Å². The molecule has 1 fully saturated rings. The van der Waals surface area contributed by atoms with Crippen LogP contribution in [0.5, 0.6) is 0 Å². The summed E-state index contributed by atoms with van der Waals surface area (Å²) in [6.45, 7) is 6.56. The fourth-order valence-electron chi connectivity index (χ4n) is 2.25. The van der Waals surface area contributed by atoms with Gasteiger partial charge in [-0.3, -0.25) is 9.69 Å². The molecule has 1 amide bonds. The van der Waals surface area contributed by atoms with Crippen molar-refractivity contribution in [2.24, 2.45) is 0 Å². The number of nitrogens with zero attached hydrogens (tertiary/aromatic N) is 1. The van der Waals surface area contributed by atoms with Crippen molar-refractivity contribution >= 4 is 40.1 Å². The number of rotatable bonds is 5. The molecule has 6 heteroatoms. The lowest BCUT2D eigenvalue weighted by molar-refractivity contribution is 0.0363. The molecule has 1 N–H and O–H groups in total. The van der Waals surface area contributed by atoms with E-state index in [0.717, 1.165) is 42.8 Å². The van der Waals surface area contributed by atoms with Crippen molar-refractivity contribution in [3.8, 4) is 0 Å². The van der Waals surface area contributed by atoms with Crippen molar-refractivity contribution < 1.29 is 9.53 Å². The molecule has 1 heterocycles. The summed E-state index contributed by atoms with van der Waals surface area (Å²) in [5.74, 6) is -0.106. The molecule has 1 aliphatic rings. The predicted molar refractivity (Wildman–Crippen MR) is 93.0 cm³/mol. The van der Waals surface area contributed by atoms with Crippen molar-refractivity contribution in [1.29, 1.82) is 0 Å². The van der Waals surface area contributed by atoms with Crippen molar-refractivity contribution in [2.45, 2.75) is 19.4 Å². The van der Waals surface area contributed by atoms with Crippen LogP contribution in [0, 0.1) is 3.57 Å². The lowest BCUT2D eigenvalue weighted by Crippen LogP contribution is -2.40. The molecule has 116 valence electrons. The van der Waals surface area contributed by atoms with E-state index in [9.17, 15) is 4.79 Å². The van der Waals surface area contributed by atoms with Crippen LogP contribution >= 0.6 is 34.2 Å². The summed E-state index contributed by atoms with van der Waals surface area (Å²) in [7, 11) is 0. The molecule has 1 atom stereocenters. The van der Waals surface area contributed by atoms with E-state index in [1.807, 2.05) is 13.0 Å². The monoisotopic (exact) mass is 422 g/mol. The molecular weight excluding hydrogens is 403 g/mol. The molecular formula is C15H20ClIN2O2. The van der Waals surface area contributed by atoms with E-state index in [2.05, 4.69) is 32.8 Å². The van der Waals surface area contributed by atoms with Crippen LogP contribution in [0.1, 0.15) is 23.7 Å². The summed E-state index contributed by atoms with van der Waals surface area (Å²) in [6, 6.07) is 5.58. The number of carbonyl (C=O) groups is 1. The number of nitrogens with one attached hydrogen (secondary N) is 1. The minimum Gasteiger partial charge on any atom is -0.379 e. The molecule has 0 spiro atoms. The van der Waals surface area contributed by atoms with Gasteiger partial charge >= 0.3 is 0 Å². The molecule has 1 aromatic carbocycles. The van der Waals surface area contributed by atoms with Crippen molar-refractivity contribution in [1.82, 2.24) is 10.2 Å². The Labute approximate surface area is 144 Å². The van der Waals surface area contributed by atoms with E-state index in [0.29, 0.717) is 10.6 Å². The second kappa shape index (κ2) is 8.31. The van der Waals surface area contributed by atoms with Gasteiger partial charge in [0.2, 0.25) is 0 Å². The van der Waals surface area contributed by atoms with Crippen molar-refractivity contribution in [2.75, 3.05) is 32.8 Å². The first kappa shape index (κ1) is 17.0. The minimum atomic E-state index is -0.106. The summed E-state index contributed by atoms with van der Waals surface area (Å²) in [5.41, 5.74) is 0.537. The Morgan fingerprint density at radius 1 is 1.48 bits per heavy atom. The van der Waals surface area contributed by atoms with Crippen LogP contribution in [-0.2, 0) is 4.74 Å². The molecule has 1 unspecified atom stereocenters. The molecule has 1 aromatic rings. The quantitative estimate of drug-likeness (QED) is 0.742. The van der Waals surface area contributed by atoms with Crippen LogP contribution in [0.25, 0.3) is 0 Å². The van der Waals surface area contributed by atoms with E-state index < -0.39 is 0 Å². The first-order chi connectivity index (χ1) is 10.1. The number of ether oxygens (including phenoxy) is 1. The van der Waals surface area contributed by atoms with Gasteiger partial charge in [-0.25, -0.2) is 0 Å². The second-order valence-electron chi connectivity index (χ2n) is 5.24. The van der Waals surface area contributed by atoms with Gasteiger partial charge in [0.05, 0.1) is 23.8 Å². The van der Waals surface area contributed by atoms with Gasteiger partial charge in [0.15, 0.2) is 0 Å². The van der Waals surface area contributed by atoms with Crippen LogP contribution in [0.3, 0.4) is 0 Å². The Bertz CT molecular complexity index is 493. The third-order valence-corrected chi connectivity index (χ3v) is 4.52. The Balaban J connectivity index is 1.81. The summed E-state index contributed by atoms with van der Waals surface area (Å²) in [4.78, 5) is 14.6. The number of hydrogen-bond donors (Lipinski definition) is 1. The average Bonchev–Trinajstić information content (AvgIpc) is 2.46. The largest absolute Gasteiger partial charge is 0.379 e. The highest BCUT2D eigenvalue weighted by Crippen LogP contribution is 2.19. The van der Waals surface area contributed by atoms with Crippen molar-refractivity contribution in [3.63, 3.8) is 0 Å². The maximum absolute atomic E-state index is 12.2. The molecule has 1 aliphatic heterocycles. The highest BCUT2D eigenvalue weighted by molar-refractivity contribution is 14.1. The molecule has 0 aromatic heterocycles. The van der Waals surface area contributed by atoms with Gasteiger partial charge in [-0.05, 0) is 54.1 Å². The van der Waals surface area contributed by atoms with E-state index >= 15 is 0 Å². The maximum atomic E-state index is 12.2. The first-order valence-corrected chi connectivity index (χ1v) is 8.58. The third kappa shape index (κ3) is 5.39. The van der Waals surface area contributed by atoms with Crippen molar-refractivity contribution in [3.05, 3.63) is 32.4 Å². The molecule has 4 nitrogen and oxygen atoms in total. The molecule has 21 heavy (non-hydrogen) atoms. The summed E-state index contributed by atoms with van der Waals surface area (Å²) in [5, 5.41) is 3.51. The molecule has 0 aliphatic carbocycles. The van der Waals surface area contributed by atoms with Gasteiger partial charge < -0.3 is 10.1 Å². The minimum absolute atomic E-state index is 0.106. The number of halogens is 2. The van der Waals surface area contributed by atoms with Gasteiger partial charge in [0, 0.05) is 29.2 Å². The fraction of sp³-hybridized carbons (Fsp3) is 0.533. The average molecular weight is 423 g/mol. The maximum Gasteiger partial charge on any atom is 0.253 e. The summed E-state index contributed by atoms with van der Waals surface area (Å²) in [6.07, 6.45) is 0.924. The number of benzene rings is 1. The zero-order chi connectivity index (χ0) is 15.2. The fourth-order valence-corrected chi connectivity index (χ4v) is 3.19. The topological polar surface area (TPSA) is 41.6 Å². The lowest BCUT2D eigenvalue weighted by atomic mass is 10.1. The van der Waals surface area contributed by atoms with Crippen LogP contribution in [0.4, 0.5) is 0 Å². The van der Waals surface area contributed by atoms with Gasteiger partial charge in [-0.2, -0.15) is 0 Å². The number of amides is 1. The van der Waals surface area contributed by atoms with Gasteiger partial charge in [-0.15, -0.1) is 0 Å².